The smallest absolute Gasteiger partial charge is 0.207 e. The van der Waals surface area contributed by atoms with Gasteiger partial charge in [0.15, 0.2) is 0 Å². The highest BCUT2D eigenvalue weighted by Crippen LogP contribution is 2.22. The third-order valence-electron chi connectivity index (χ3n) is 3.20. The Morgan fingerprint density at radius 3 is 2.48 bits per heavy atom. The highest BCUT2D eigenvalue weighted by molar-refractivity contribution is 9.10. The lowest BCUT2D eigenvalue weighted by molar-refractivity contribution is 0.581. The first-order valence-electron chi connectivity index (χ1n) is 6.67. The number of benzene rings is 2. The van der Waals surface area contributed by atoms with E-state index in [-0.39, 0.29) is 11.4 Å². The van der Waals surface area contributed by atoms with Crippen molar-refractivity contribution in [1.29, 1.82) is 0 Å². The van der Waals surface area contributed by atoms with Crippen LogP contribution >= 0.6 is 27.5 Å². The average Bonchev–Trinajstić information content (AvgIpc) is 3.08. The van der Waals surface area contributed by atoms with Gasteiger partial charge < -0.3 is 0 Å². The molecule has 0 fully saturated rings. The molecular formula is C15H12BrN3O2S2. The molecule has 3 rings (SSSR count). The summed E-state index contributed by atoms with van der Waals surface area (Å²) >= 11 is 4.55. The summed E-state index contributed by atoms with van der Waals surface area (Å²) in [7, 11) is -3.56. The molecule has 0 unspecified atom stereocenters. The molecule has 23 heavy (non-hydrogen) atoms. The molecule has 1 heterocycles. The number of rotatable bonds is 5. The van der Waals surface area contributed by atoms with Crippen LogP contribution in [-0.4, -0.2) is 18.0 Å². The van der Waals surface area contributed by atoms with Crippen LogP contribution in [0, 0.1) is 0 Å². The molecule has 0 bridgehead atoms. The number of nitrogens with zero attached hydrogens (tertiary/aromatic N) is 2. The summed E-state index contributed by atoms with van der Waals surface area (Å²) in [6.45, 7) is 0.221. The van der Waals surface area contributed by atoms with E-state index >= 15 is 0 Å². The van der Waals surface area contributed by atoms with Crippen molar-refractivity contribution in [3.63, 3.8) is 0 Å². The molecule has 0 saturated heterocycles. The standard InChI is InChI=1S/C15H12BrN3O2S2/c16-13-3-1-2-4-15(13)23(20,21)17-9-11-5-7-12(8-6-11)14-10-22-19-18-14/h1-8,10,17H,9H2. The maximum atomic E-state index is 12.3. The van der Waals surface area contributed by atoms with Crippen molar-refractivity contribution in [1.82, 2.24) is 14.3 Å². The number of aromatic nitrogens is 2. The second-order valence-electron chi connectivity index (χ2n) is 4.74. The fourth-order valence-electron chi connectivity index (χ4n) is 2.00. The maximum absolute atomic E-state index is 12.3. The molecule has 5 nitrogen and oxygen atoms in total. The Kier molecular flexibility index (Phi) is 4.86. The van der Waals surface area contributed by atoms with Gasteiger partial charge in [-0.25, -0.2) is 13.1 Å². The minimum atomic E-state index is -3.56. The van der Waals surface area contributed by atoms with E-state index in [1.807, 2.05) is 29.6 Å². The van der Waals surface area contributed by atoms with Crippen LogP contribution in [0.3, 0.4) is 0 Å². The Hall–Kier alpha value is -1.61. The van der Waals surface area contributed by atoms with E-state index in [1.165, 1.54) is 11.5 Å². The third kappa shape index (κ3) is 3.84. The minimum absolute atomic E-state index is 0.221. The zero-order valence-electron chi connectivity index (χ0n) is 11.8. The van der Waals surface area contributed by atoms with Gasteiger partial charge >= 0.3 is 0 Å². The molecule has 3 aromatic rings. The second kappa shape index (κ2) is 6.88. The van der Waals surface area contributed by atoms with Crippen molar-refractivity contribution < 1.29 is 8.42 Å². The lowest BCUT2D eigenvalue weighted by Crippen LogP contribution is -2.23. The van der Waals surface area contributed by atoms with E-state index in [1.54, 1.807) is 24.3 Å². The zero-order valence-corrected chi connectivity index (χ0v) is 15.0. The quantitative estimate of drug-likeness (QED) is 0.700. The third-order valence-corrected chi connectivity index (χ3v) is 6.12. The maximum Gasteiger partial charge on any atom is 0.241 e. The normalized spacial score (nSPS) is 11.5. The molecule has 0 spiro atoms. The van der Waals surface area contributed by atoms with E-state index in [0.29, 0.717) is 4.47 Å². The first-order chi connectivity index (χ1) is 11.1. The molecule has 0 amide bonds. The van der Waals surface area contributed by atoms with E-state index in [2.05, 4.69) is 30.2 Å². The van der Waals surface area contributed by atoms with Crippen molar-refractivity contribution in [2.75, 3.05) is 0 Å². The van der Waals surface area contributed by atoms with Crippen LogP contribution in [0.4, 0.5) is 0 Å². The average molecular weight is 410 g/mol. The first-order valence-corrected chi connectivity index (χ1v) is 9.78. The Morgan fingerprint density at radius 1 is 1.09 bits per heavy atom. The van der Waals surface area contributed by atoms with Gasteiger partial charge in [0.1, 0.15) is 5.69 Å². The number of halogens is 1. The molecule has 0 aliphatic heterocycles. The van der Waals surface area contributed by atoms with Gasteiger partial charge in [-0.05, 0) is 45.2 Å². The van der Waals surface area contributed by atoms with Crippen LogP contribution in [0.15, 0.2) is 63.3 Å². The van der Waals surface area contributed by atoms with Crippen molar-refractivity contribution in [2.24, 2.45) is 0 Å². The van der Waals surface area contributed by atoms with Gasteiger partial charge in [-0.15, -0.1) is 5.10 Å². The van der Waals surface area contributed by atoms with Crippen molar-refractivity contribution in [3.05, 3.63) is 63.9 Å². The Morgan fingerprint density at radius 2 is 1.83 bits per heavy atom. The summed E-state index contributed by atoms with van der Waals surface area (Å²) in [5.41, 5.74) is 2.64. The van der Waals surface area contributed by atoms with E-state index in [9.17, 15) is 8.42 Å². The van der Waals surface area contributed by atoms with E-state index in [4.69, 9.17) is 0 Å². The molecule has 1 N–H and O–H groups in total. The molecule has 0 saturated carbocycles. The molecular weight excluding hydrogens is 398 g/mol. The molecule has 2 aromatic carbocycles. The molecule has 0 aliphatic rings. The number of hydrogen-bond acceptors (Lipinski definition) is 5. The minimum Gasteiger partial charge on any atom is -0.207 e. The van der Waals surface area contributed by atoms with Crippen LogP contribution in [0.1, 0.15) is 5.56 Å². The van der Waals surface area contributed by atoms with Crippen LogP contribution in [0.2, 0.25) is 0 Å². The summed E-state index contributed by atoms with van der Waals surface area (Å²) in [6.07, 6.45) is 0. The monoisotopic (exact) mass is 409 g/mol. The Bertz CT molecular complexity index is 895. The van der Waals surface area contributed by atoms with Crippen molar-refractivity contribution in [3.8, 4) is 11.3 Å². The largest absolute Gasteiger partial charge is 0.241 e. The SMILES string of the molecule is O=S(=O)(NCc1ccc(-c2csnn2)cc1)c1ccccc1Br. The van der Waals surface area contributed by atoms with Crippen molar-refractivity contribution in [2.45, 2.75) is 11.4 Å². The number of nitrogens with one attached hydrogen (secondary N) is 1. The summed E-state index contributed by atoms with van der Waals surface area (Å²) in [5, 5.41) is 5.87. The number of hydrogen-bond donors (Lipinski definition) is 1. The Labute approximate surface area is 146 Å². The predicted molar refractivity (Wildman–Crippen MR) is 93.5 cm³/mol. The van der Waals surface area contributed by atoms with Crippen molar-refractivity contribution >= 4 is 37.5 Å². The highest BCUT2D eigenvalue weighted by Gasteiger charge is 2.16. The fourth-order valence-corrected chi connectivity index (χ4v) is 4.49. The van der Waals surface area contributed by atoms with Gasteiger partial charge in [-0.3, -0.25) is 0 Å². The molecule has 0 radical (unpaired) electrons. The van der Waals surface area contributed by atoms with Gasteiger partial charge in [-0.2, -0.15) is 0 Å². The first kappa shape index (κ1) is 16.3. The van der Waals surface area contributed by atoms with E-state index < -0.39 is 10.0 Å². The van der Waals surface area contributed by atoms with Crippen LogP contribution < -0.4 is 4.72 Å². The second-order valence-corrected chi connectivity index (χ2v) is 7.94. The van der Waals surface area contributed by atoms with Gasteiger partial charge in [-0.1, -0.05) is 40.9 Å². The highest BCUT2D eigenvalue weighted by atomic mass is 79.9. The molecule has 0 atom stereocenters. The summed E-state index contributed by atoms with van der Waals surface area (Å²) in [6, 6.07) is 14.3. The summed E-state index contributed by atoms with van der Waals surface area (Å²) < 4.78 is 31.6. The van der Waals surface area contributed by atoms with Crippen LogP contribution in [0.5, 0.6) is 0 Å². The van der Waals surface area contributed by atoms with Gasteiger partial charge in [0.2, 0.25) is 10.0 Å². The zero-order chi connectivity index (χ0) is 16.3. The topological polar surface area (TPSA) is 72.0 Å². The molecule has 8 heteroatoms. The van der Waals surface area contributed by atoms with Crippen LogP contribution in [0.25, 0.3) is 11.3 Å². The molecule has 1 aromatic heterocycles. The Balaban J connectivity index is 1.72. The number of sulfonamides is 1. The lowest BCUT2D eigenvalue weighted by atomic mass is 10.1. The van der Waals surface area contributed by atoms with Gasteiger partial charge in [0.25, 0.3) is 0 Å². The molecule has 0 aliphatic carbocycles. The van der Waals surface area contributed by atoms with Crippen LogP contribution in [-0.2, 0) is 16.6 Å². The lowest BCUT2D eigenvalue weighted by Gasteiger charge is -2.08. The fraction of sp³-hybridized carbons (Fsp3) is 0.0667. The van der Waals surface area contributed by atoms with Gasteiger partial charge in [0, 0.05) is 22.0 Å². The van der Waals surface area contributed by atoms with Gasteiger partial charge in [0.05, 0.1) is 4.90 Å². The van der Waals surface area contributed by atoms with E-state index in [0.717, 1.165) is 16.8 Å². The summed E-state index contributed by atoms with van der Waals surface area (Å²) in [4.78, 5) is 0.227. The summed E-state index contributed by atoms with van der Waals surface area (Å²) in [5.74, 6) is 0. The predicted octanol–water partition coefficient (Wildman–Crippen LogP) is 3.45. The molecule has 118 valence electrons.